The van der Waals surface area contributed by atoms with Crippen LogP contribution in [-0.4, -0.2) is 32.9 Å². The van der Waals surface area contributed by atoms with Gasteiger partial charge >= 0.3 is 0 Å². The number of amides is 1. The van der Waals surface area contributed by atoms with E-state index >= 15 is 0 Å². The van der Waals surface area contributed by atoms with Crippen molar-refractivity contribution in [2.24, 2.45) is 0 Å². The molecule has 122 valence electrons. The maximum absolute atomic E-state index is 12.6. The van der Waals surface area contributed by atoms with E-state index in [2.05, 4.69) is 15.3 Å². The summed E-state index contributed by atoms with van der Waals surface area (Å²) in [5.74, 6) is -0.102. The third-order valence-corrected chi connectivity index (χ3v) is 4.33. The van der Waals surface area contributed by atoms with Crippen LogP contribution >= 0.6 is 0 Å². The third-order valence-electron chi connectivity index (χ3n) is 4.33. The molecule has 0 saturated carbocycles. The summed E-state index contributed by atoms with van der Waals surface area (Å²) in [6.45, 7) is 0.708. The van der Waals surface area contributed by atoms with Crippen LogP contribution in [0, 0.1) is 0 Å². The molecule has 2 atom stereocenters. The van der Waals surface area contributed by atoms with E-state index in [0.29, 0.717) is 12.2 Å². The average molecular weight is 322 g/mol. The summed E-state index contributed by atoms with van der Waals surface area (Å²) in [5, 5.41) is 3.12. The van der Waals surface area contributed by atoms with Gasteiger partial charge in [-0.25, -0.2) is 4.98 Å². The molecular formula is C18H18N4O2. The third kappa shape index (κ3) is 2.88. The number of ether oxygens (including phenoxy) is 1. The zero-order valence-electron chi connectivity index (χ0n) is 13.1. The average Bonchev–Trinajstić information content (AvgIpc) is 3.10. The zero-order chi connectivity index (χ0) is 16.4. The summed E-state index contributed by atoms with van der Waals surface area (Å²) in [7, 11) is 0. The van der Waals surface area contributed by atoms with Crippen LogP contribution in [0.15, 0.2) is 55.2 Å². The van der Waals surface area contributed by atoms with E-state index in [9.17, 15) is 4.79 Å². The number of nitrogens with one attached hydrogen (secondary N) is 1. The van der Waals surface area contributed by atoms with Gasteiger partial charge in [0.25, 0.3) is 5.91 Å². The molecule has 0 radical (unpaired) electrons. The molecule has 3 aromatic heterocycles. The molecule has 6 nitrogen and oxygen atoms in total. The molecule has 0 unspecified atom stereocenters. The second-order valence-electron chi connectivity index (χ2n) is 5.90. The van der Waals surface area contributed by atoms with Gasteiger partial charge in [0, 0.05) is 43.2 Å². The SMILES string of the molecule is O=C(N[C@H]1CCCO[C@@H]1c1ccncc1)c1ccn2ccnc2c1. The van der Waals surface area contributed by atoms with Crippen molar-refractivity contribution in [1.29, 1.82) is 0 Å². The highest BCUT2D eigenvalue weighted by molar-refractivity contribution is 5.95. The van der Waals surface area contributed by atoms with Gasteiger partial charge in [-0.05, 0) is 42.7 Å². The van der Waals surface area contributed by atoms with Gasteiger partial charge in [0.1, 0.15) is 11.8 Å². The number of hydrogen-bond donors (Lipinski definition) is 1. The molecule has 1 N–H and O–H groups in total. The lowest BCUT2D eigenvalue weighted by molar-refractivity contribution is -0.00950. The van der Waals surface area contributed by atoms with E-state index in [1.165, 1.54) is 0 Å². The Labute approximate surface area is 139 Å². The number of imidazole rings is 1. The van der Waals surface area contributed by atoms with E-state index in [1.807, 2.05) is 28.9 Å². The minimum Gasteiger partial charge on any atom is -0.371 e. The summed E-state index contributed by atoms with van der Waals surface area (Å²) in [4.78, 5) is 20.9. The van der Waals surface area contributed by atoms with E-state index in [-0.39, 0.29) is 18.1 Å². The normalized spacial score (nSPS) is 20.8. The van der Waals surface area contributed by atoms with Crippen molar-refractivity contribution in [1.82, 2.24) is 19.7 Å². The van der Waals surface area contributed by atoms with Crippen LogP contribution in [-0.2, 0) is 4.74 Å². The fourth-order valence-electron chi connectivity index (χ4n) is 3.11. The Hall–Kier alpha value is -2.73. The van der Waals surface area contributed by atoms with Gasteiger partial charge in [-0.3, -0.25) is 9.78 Å². The molecule has 1 aliphatic rings. The Morgan fingerprint density at radius 2 is 2.08 bits per heavy atom. The number of fused-ring (bicyclic) bond motifs is 1. The summed E-state index contributed by atoms with van der Waals surface area (Å²) < 4.78 is 7.79. The standard InChI is InChI=1S/C18H18N4O2/c23-18(14-5-9-22-10-8-20-16(22)12-14)21-15-2-1-11-24-17(15)13-3-6-19-7-4-13/h3-10,12,15,17H,1-2,11H2,(H,21,23)/t15-,17+/m0/s1. The smallest absolute Gasteiger partial charge is 0.251 e. The van der Waals surface area contributed by atoms with Crippen molar-refractivity contribution in [3.63, 3.8) is 0 Å². The number of pyridine rings is 2. The predicted molar refractivity (Wildman–Crippen MR) is 88.6 cm³/mol. The van der Waals surface area contributed by atoms with Crippen LogP contribution in [0.1, 0.15) is 34.9 Å². The molecule has 0 aliphatic carbocycles. The lowest BCUT2D eigenvalue weighted by Gasteiger charge is -2.32. The summed E-state index contributed by atoms with van der Waals surface area (Å²) in [6.07, 6.45) is 10.6. The number of aromatic nitrogens is 3. The molecule has 6 heteroatoms. The molecule has 1 aliphatic heterocycles. The molecule has 1 saturated heterocycles. The largest absolute Gasteiger partial charge is 0.371 e. The first-order valence-electron chi connectivity index (χ1n) is 8.06. The quantitative estimate of drug-likeness (QED) is 0.804. The first kappa shape index (κ1) is 14.8. The van der Waals surface area contributed by atoms with Gasteiger partial charge < -0.3 is 14.5 Å². The van der Waals surface area contributed by atoms with E-state index in [0.717, 1.165) is 24.1 Å². The molecule has 1 amide bonds. The van der Waals surface area contributed by atoms with E-state index < -0.39 is 0 Å². The van der Waals surface area contributed by atoms with Gasteiger partial charge in [0.15, 0.2) is 0 Å². The van der Waals surface area contributed by atoms with Gasteiger partial charge in [-0.2, -0.15) is 0 Å². The summed E-state index contributed by atoms with van der Waals surface area (Å²) in [6, 6.07) is 7.41. The minimum absolute atomic E-state index is 0.0513. The highest BCUT2D eigenvalue weighted by atomic mass is 16.5. The summed E-state index contributed by atoms with van der Waals surface area (Å²) >= 11 is 0. The van der Waals surface area contributed by atoms with Crippen LogP contribution in [0.3, 0.4) is 0 Å². The molecule has 24 heavy (non-hydrogen) atoms. The van der Waals surface area contributed by atoms with Gasteiger partial charge in [0.05, 0.1) is 6.04 Å². The van der Waals surface area contributed by atoms with Crippen LogP contribution < -0.4 is 5.32 Å². The maximum Gasteiger partial charge on any atom is 0.251 e. The second kappa shape index (κ2) is 6.41. The van der Waals surface area contributed by atoms with Crippen molar-refractivity contribution in [2.45, 2.75) is 25.0 Å². The summed E-state index contributed by atoms with van der Waals surface area (Å²) in [5.41, 5.74) is 2.40. The van der Waals surface area contributed by atoms with Crippen LogP contribution in [0.5, 0.6) is 0 Å². The van der Waals surface area contributed by atoms with Crippen molar-refractivity contribution in [3.8, 4) is 0 Å². The van der Waals surface area contributed by atoms with Crippen LogP contribution in [0.4, 0.5) is 0 Å². The van der Waals surface area contributed by atoms with Crippen molar-refractivity contribution >= 4 is 11.6 Å². The first-order valence-corrected chi connectivity index (χ1v) is 8.06. The number of carbonyl (C=O) groups excluding carboxylic acids is 1. The number of carbonyl (C=O) groups is 1. The van der Waals surface area contributed by atoms with Gasteiger partial charge in [0.2, 0.25) is 0 Å². The minimum atomic E-state index is -0.138. The Kier molecular flexibility index (Phi) is 3.96. The highest BCUT2D eigenvalue weighted by Gasteiger charge is 2.29. The molecule has 4 rings (SSSR count). The number of rotatable bonds is 3. The van der Waals surface area contributed by atoms with E-state index in [4.69, 9.17) is 4.74 Å². The molecule has 0 aromatic carbocycles. The maximum atomic E-state index is 12.6. The zero-order valence-corrected chi connectivity index (χ0v) is 13.1. The Morgan fingerprint density at radius 1 is 1.21 bits per heavy atom. The van der Waals surface area contributed by atoms with Crippen LogP contribution in [0.25, 0.3) is 5.65 Å². The monoisotopic (exact) mass is 322 g/mol. The van der Waals surface area contributed by atoms with Gasteiger partial charge in [-0.15, -0.1) is 0 Å². The highest BCUT2D eigenvalue weighted by Crippen LogP contribution is 2.28. The lowest BCUT2D eigenvalue weighted by atomic mass is 9.96. The van der Waals surface area contributed by atoms with Crippen LogP contribution in [0.2, 0.25) is 0 Å². The Bertz CT molecular complexity index is 846. The topological polar surface area (TPSA) is 68.5 Å². The molecule has 0 bridgehead atoms. The Balaban J connectivity index is 1.54. The van der Waals surface area contributed by atoms with Gasteiger partial charge in [-0.1, -0.05) is 0 Å². The van der Waals surface area contributed by atoms with Crippen molar-refractivity contribution in [3.05, 3.63) is 66.4 Å². The molecule has 3 aromatic rings. The second-order valence-corrected chi connectivity index (χ2v) is 5.90. The fourth-order valence-corrected chi connectivity index (χ4v) is 3.11. The van der Waals surface area contributed by atoms with Crippen molar-refractivity contribution in [2.75, 3.05) is 6.61 Å². The number of nitrogens with zero attached hydrogens (tertiary/aromatic N) is 3. The molecule has 1 fully saturated rings. The van der Waals surface area contributed by atoms with Crippen molar-refractivity contribution < 1.29 is 9.53 Å². The molecule has 4 heterocycles. The lowest BCUT2D eigenvalue weighted by Crippen LogP contribution is -2.42. The fraction of sp³-hybridized carbons (Fsp3) is 0.278. The molecule has 0 spiro atoms. The first-order chi connectivity index (χ1) is 11.8. The number of hydrogen-bond acceptors (Lipinski definition) is 4. The Morgan fingerprint density at radius 3 is 2.96 bits per heavy atom. The predicted octanol–water partition coefficient (Wildman–Crippen LogP) is 2.38. The van der Waals surface area contributed by atoms with E-state index in [1.54, 1.807) is 30.7 Å². The molecular weight excluding hydrogens is 304 g/mol.